The Labute approximate surface area is 311 Å². The van der Waals surface area contributed by atoms with Gasteiger partial charge in [0.2, 0.25) is 0 Å². The number of ether oxygens (including phenoxy) is 2. The summed E-state index contributed by atoms with van der Waals surface area (Å²) in [7, 11) is 3.37. The molecule has 0 N–H and O–H groups in total. The van der Waals surface area contributed by atoms with E-state index >= 15 is 0 Å². The Balaban J connectivity index is 1.58. The number of aromatic nitrogens is 2. The molecule has 0 aliphatic carbocycles. The van der Waals surface area contributed by atoms with E-state index in [-0.39, 0.29) is 0 Å². The van der Waals surface area contributed by atoms with E-state index in [1.54, 1.807) is 14.2 Å². The normalized spacial score (nSPS) is 11.3. The van der Waals surface area contributed by atoms with E-state index in [0.717, 1.165) is 108 Å². The van der Waals surface area contributed by atoms with Crippen LogP contribution in [0, 0.1) is 0 Å². The first kappa shape index (κ1) is 37.9. The van der Waals surface area contributed by atoms with Crippen LogP contribution in [0.5, 0.6) is 11.5 Å². The molecule has 0 saturated carbocycles. The highest BCUT2D eigenvalue weighted by Crippen LogP contribution is 2.32. The van der Waals surface area contributed by atoms with Crippen LogP contribution in [0.1, 0.15) is 75.9 Å². The molecule has 6 heteroatoms. The largest absolute Gasteiger partial charge is 0.497 e. The number of hydrogen-bond acceptors (Lipinski definition) is 6. The zero-order valence-corrected chi connectivity index (χ0v) is 31.8. The molecule has 1 heterocycles. The summed E-state index contributed by atoms with van der Waals surface area (Å²) in [6.45, 7) is 13.1. The van der Waals surface area contributed by atoms with Gasteiger partial charge in [0, 0.05) is 48.7 Å². The minimum absolute atomic E-state index is 0.784. The number of methoxy groups -OCH3 is 2. The first-order chi connectivity index (χ1) is 25.5. The average molecular weight is 695 g/mol. The van der Waals surface area contributed by atoms with Crippen molar-refractivity contribution >= 4 is 35.7 Å². The lowest BCUT2D eigenvalue weighted by Crippen LogP contribution is -2.24. The molecule has 4 aromatic carbocycles. The van der Waals surface area contributed by atoms with E-state index in [4.69, 9.17) is 19.4 Å². The molecular weight excluding hydrogens is 641 g/mol. The second kappa shape index (κ2) is 19.3. The highest BCUT2D eigenvalue weighted by molar-refractivity contribution is 5.83. The minimum atomic E-state index is 0.784. The Morgan fingerprint density at radius 2 is 0.769 bits per heavy atom. The first-order valence-electron chi connectivity index (χ1n) is 18.8. The molecule has 0 aliphatic heterocycles. The van der Waals surface area contributed by atoms with E-state index in [2.05, 4.69) is 110 Å². The molecular formula is C46H54N4O2. The highest BCUT2D eigenvalue weighted by atomic mass is 16.5. The molecule has 0 unspecified atom stereocenters. The van der Waals surface area contributed by atoms with Crippen molar-refractivity contribution in [1.29, 1.82) is 0 Å². The number of rotatable bonds is 18. The first-order valence-corrected chi connectivity index (χ1v) is 18.8. The van der Waals surface area contributed by atoms with E-state index in [9.17, 15) is 0 Å². The third kappa shape index (κ3) is 9.91. The minimum Gasteiger partial charge on any atom is -0.497 e. The Bertz CT molecular complexity index is 1730. The lowest BCUT2D eigenvalue weighted by atomic mass is 10.0. The Morgan fingerprint density at radius 1 is 0.442 bits per heavy atom. The van der Waals surface area contributed by atoms with Crippen molar-refractivity contribution in [1.82, 2.24) is 9.97 Å². The molecule has 0 spiro atoms. The Hall–Kier alpha value is -5.36. The maximum atomic E-state index is 5.48. The van der Waals surface area contributed by atoms with Crippen molar-refractivity contribution in [3.8, 4) is 34.0 Å². The summed E-state index contributed by atoms with van der Waals surface area (Å²) in [5.41, 5.74) is 9.82. The van der Waals surface area contributed by atoms with Crippen molar-refractivity contribution in [3.05, 3.63) is 120 Å². The second-order valence-corrected chi connectivity index (χ2v) is 13.0. The molecule has 0 aliphatic rings. The Kier molecular flexibility index (Phi) is 14.1. The van der Waals surface area contributed by atoms with E-state index in [1.165, 1.54) is 11.4 Å². The summed E-state index contributed by atoms with van der Waals surface area (Å²) < 4.78 is 11.0. The summed E-state index contributed by atoms with van der Waals surface area (Å²) in [4.78, 5) is 15.6. The average Bonchev–Trinajstić information content (AvgIpc) is 3.19. The van der Waals surface area contributed by atoms with Gasteiger partial charge in [-0.3, -0.25) is 0 Å². The van der Waals surface area contributed by atoms with Crippen LogP contribution in [0.3, 0.4) is 0 Å². The second-order valence-electron chi connectivity index (χ2n) is 13.0. The predicted octanol–water partition coefficient (Wildman–Crippen LogP) is 11.4. The predicted molar refractivity (Wildman–Crippen MR) is 222 cm³/mol. The molecule has 0 atom stereocenters. The van der Waals surface area contributed by atoms with Gasteiger partial charge in [-0.1, -0.05) is 64.1 Å². The van der Waals surface area contributed by atoms with Crippen LogP contribution in [0.4, 0.5) is 11.4 Å². The van der Waals surface area contributed by atoms with Crippen LogP contribution >= 0.6 is 0 Å². The number of anilines is 2. The summed E-state index contributed by atoms with van der Waals surface area (Å²) in [6, 6.07) is 33.6. The third-order valence-electron chi connectivity index (χ3n) is 9.03. The molecule has 1 aromatic heterocycles. The summed E-state index contributed by atoms with van der Waals surface area (Å²) >= 11 is 0. The van der Waals surface area contributed by atoms with E-state index in [0.29, 0.717) is 0 Å². The van der Waals surface area contributed by atoms with E-state index in [1.807, 2.05) is 48.5 Å². The fourth-order valence-corrected chi connectivity index (χ4v) is 6.38. The lowest BCUT2D eigenvalue weighted by molar-refractivity contribution is 0.414. The Morgan fingerprint density at radius 3 is 1.06 bits per heavy atom. The van der Waals surface area contributed by atoms with Gasteiger partial charge in [0.25, 0.3) is 0 Å². The summed E-state index contributed by atoms with van der Waals surface area (Å²) in [6.07, 6.45) is 12.9. The van der Waals surface area contributed by atoms with Gasteiger partial charge in [-0.2, -0.15) is 0 Å². The van der Waals surface area contributed by atoms with Crippen LogP contribution in [0.25, 0.3) is 46.8 Å². The number of nitrogens with zero attached hydrogens (tertiary/aromatic N) is 4. The fraction of sp³-hybridized carbons (Fsp3) is 0.304. The zero-order valence-electron chi connectivity index (χ0n) is 31.8. The van der Waals surface area contributed by atoms with E-state index < -0.39 is 0 Å². The molecule has 0 saturated heterocycles. The molecule has 0 bridgehead atoms. The van der Waals surface area contributed by atoms with Crippen molar-refractivity contribution in [2.75, 3.05) is 50.2 Å². The van der Waals surface area contributed by atoms with Crippen LogP contribution in [-0.2, 0) is 0 Å². The van der Waals surface area contributed by atoms with Gasteiger partial charge in [0.15, 0.2) is 0 Å². The highest BCUT2D eigenvalue weighted by Gasteiger charge is 2.15. The quantitative estimate of drug-likeness (QED) is 0.0910. The molecule has 6 nitrogen and oxygen atoms in total. The standard InChI is InChI=1S/C46H54N4O2/c1-7-31-49(32-8-2)39-21-11-35(12-22-39)15-29-43-45(37-17-25-41(51-5)26-18-37)48-44(46(47-43)38-19-27-42(52-6)28-20-38)30-16-36-13-23-40(24-14-36)50(33-9-3)34-10-4/h11-30H,7-10,31-34H2,1-6H3/b29-15+,30-16+. The summed E-state index contributed by atoms with van der Waals surface area (Å²) in [5, 5.41) is 0. The summed E-state index contributed by atoms with van der Waals surface area (Å²) in [5.74, 6) is 1.59. The van der Waals surface area contributed by atoms with Crippen molar-refractivity contribution < 1.29 is 9.47 Å². The molecule has 5 aromatic rings. The molecule has 5 rings (SSSR count). The molecule has 270 valence electrons. The van der Waals surface area contributed by atoms with Gasteiger partial charge in [0.05, 0.1) is 37.0 Å². The molecule has 0 radical (unpaired) electrons. The van der Waals surface area contributed by atoms with Crippen LogP contribution < -0.4 is 19.3 Å². The smallest absolute Gasteiger partial charge is 0.118 e. The van der Waals surface area contributed by atoms with Gasteiger partial charge in [-0.25, -0.2) is 9.97 Å². The van der Waals surface area contributed by atoms with Crippen molar-refractivity contribution in [2.45, 2.75) is 53.4 Å². The van der Waals surface area contributed by atoms with Crippen LogP contribution in [-0.4, -0.2) is 50.4 Å². The van der Waals surface area contributed by atoms with Gasteiger partial charge in [-0.15, -0.1) is 0 Å². The van der Waals surface area contributed by atoms with Crippen LogP contribution in [0.2, 0.25) is 0 Å². The maximum absolute atomic E-state index is 5.48. The monoisotopic (exact) mass is 694 g/mol. The van der Waals surface area contributed by atoms with Gasteiger partial charge in [-0.05, 0) is 122 Å². The fourth-order valence-electron chi connectivity index (χ4n) is 6.38. The zero-order chi connectivity index (χ0) is 36.7. The number of benzene rings is 4. The molecule has 0 fully saturated rings. The maximum Gasteiger partial charge on any atom is 0.118 e. The van der Waals surface area contributed by atoms with Gasteiger partial charge < -0.3 is 19.3 Å². The molecule has 0 amide bonds. The van der Waals surface area contributed by atoms with Crippen LogP contribution in [0.15, 0.2) is 97.1 Å². The molecule has 52 heavy (non-hydrogen) atoms. The van der Waals surface area contributed by atoms with Gasteiger partial charge >= 0.3 is 0 Å². The lowest BCUT2D eigenvalue weighted by Gasteiger charge is -2.23. The number of hydrogen-bond donors (Lipinski definition) is 0. The van der Waals surface area contributed by atoms with Gasteiger partial charge in [0.1, 0.15) is 11.5 Å². The van der Waals surface area contributed by atoms with Crippen molar-refractivity contribution in [2.24, 2.45) is 0 Å². The van der Waals surface area contributed by atoms with Crippen molar-refractivity contribution in [3.63, 3.8) is 0 Å². The SMILES string of the molecule is CCCN(CCC)c1ccc(/C=C/c2nc(-c3ccc(OC)cc3)c(/C=C/c3ccc(N(CCC)CCC)cc3)nc2-c2ccc(OC)cc2)cc1. The third-order valence-corrected chi connectivity index (χ3v) is 9.03. The topological polar surface area (TPSA) is 50.7 Å².